The van der Waals surface area contributed by atoms with Crippen molar-refractivity contribution in [2.24, 2.45) is 5.41 Å². The Morgan fingerprint density at radius 1 is 1.45 bits per heavy atom. The number of rotatable bonds is 3. The first-order valence-corrected chi connectivity index (χ1v) is 6.86. The van der Waals surface area contributed by atoms with Gasteiger partial charge in [-0.25, -0.2) is 4.79 Å². The Bertz CT molecular complexity index is 535. The minimum atomic E-state index is -0.897. The minimum Gasteiger partial charge on any atom is -0.481 e. The molecule has 0 aromatic heterocycles. The van der Waals surface area contributed by atoms with Gasteiger partial charge in [0.1, 0.15) is 0 Å². The lowest BCUT2D eigenvalue weighted by Crippen LogP contribution is -2.48. The molecule has 1 fully saturated rings. The van der Waals surface area contributed by atoms with Crippen LogP contribution in [0.3, 0.4) is 0 Å². The number of carboxylic acid groups (broad SMARTS) is 1. The van der Waals surface area contributed by atoms with Gasteiger partial charge in [0, 0.05) is 16.8 Å². The van der Waals surface area contributed by atoms with E-state index in [4.69, 9.17) is 11.6 Å². The van der Waals surface area contributed by atoms with Crippen LogP contribution in [0.15, 0.2) is 24.3 Å². The number of carbonyl (C=O) groups is 2. The molecule has 2 atom stereocenters. The summed E-state index contributed by atoms with van der Waals surface area (Å²) in [6.45, 7) is 1.67. The summed E-state index contributed by atoms with van der Waals surface area (Å²) in [5, 5.41) is 15.2. The molecular weight excluding hydrogens is 280 g/mol. The van der Waals surface area contributed by atoms with Crippen LogP contribution in [0.25, 0.3) is 0 Å². The van der Waals surface area contributed by atoms with Gasteiger partial charge in [0.2, 0.25) is 0 Å². The molecule has 0 aliphatic heterocycles. The lowest BCUT2D eigenvalue weighted by atomic mass is 9.85. The highest BCUT2D eigenvalue weighted by molar-refractivity contribution is 6.30. The second-order valence-electron chi connectivity index (χ2n) is 5.28. The van der Waals surface area contributed by atoms with Crippen LogP contribution < -0.4 is 10.6 Å². The largest absolute Gasteiger partial charge is 0.481 e. The Morgan fingerprint density at radius 2 is 2.20 bits per heavy atom. The molecular formula is C14H17ClN2O3. The van der Waals surface area contributed by atoms with E-state index < -0.39 is 17.4 Å². The van der Waals surface area contributed by atoms with Crippen LogP contribution in [0, 0.1) is 5.41 Å². The predicted octanol–water partition coefficient (Wildman–Crippen LogP) is 3.10. The monoisotopic (exact) mass is 296 g/mol. The number of halogens is 1. The first kappa shape index (κ1) is 14.7. The second-order valence-corrected chi connectivity index (χ2v) is 5.71. The molecule has 1 saturated carbocycles. The fraction of sp³-hybridized carbons (Fsp3) is 0.429. The van der Waals surface area contributed by atoms with Crippen molar-refractivity contribution in [3.63, 3.8) is 0 Å². The van der Waals surface area contributed by atoms with Crippen LogP contribution >= 0.6 is 11.6 Å². The molecule has 0 bridgehead atoms. The number of benzene rings is 1. The molecule has 20 heavy (non-hydrogen) atoms. The van der Waals surface area contributed by atoms with Crippen LogP contribution in [0.5, 0.6) is 0 Å². The third-order valence-corrected chi connectivity index (χ3v) is 4.07. The average Bonchev–Trinajstić information content (AvgIpc) is 2.72. The molecule has 108 valence electrons. The van der Waals surface area contributed by atoms with Crippen LogP contribution in [-0.4, -0.2) is 23.1 Å². The summed E-state index contributed by atoms with van der Waals surface area (Å²) >= 11 is 5.84. The molecule has 2 amide bonds. The molecule has 0 saturated heterocycles. The van der Waals surface area contributed by atoms with E-state index in [2.05, 4.69) is 10.6 Å². The maximum atomic E-state index is 11.9. The topological polar surface area (TPSA) is 78.4 Å². The second kappa shape index (κ2) is 5.71. The number of hydrogen-bond acceptors (Lipinski definition) is 2. The van der Waals surface area contributed by atoms with Crippen molar-refractivity contribution in [1.82, 2.24) is 5.32 Å². The highest BCUT2D eigenvalue weighted by Gasteiger charge is 2.45. The number of aliphatic carboxylic acids is 1. The first-order chi connectivity index (χ1) is 9.41. The highest BCUT2D eigenvalue weighted by Crippen LogP contribution is 2.38. The predicted molar refractivity (Wildman–Crippen MR) is 77.0 cm³/mol. The summed E-state index contributed by atoms with van der Waals surface area (Å²) in [5.41, 5.74) is -0.323. The molecule has 5 nitrogen and oxygen atoms in total. The van der Waals surface area contributed by atoms with Gasteiger partial charge in [0.15, 0.2) is 0 Å². The normalized spacial score (nSPS) is 25.2. The molecule has 2 rings (SSSR count). The molecule has 1 aromatic rings. The smallest absolute Gasteiger partial charge is 0.319 e. The molecule has 1 aromatic carbocycles. The van der Waals surface area contributed by atoms with Gasteiger partial charge < -0.3 is 15.7 Å². The van der Waals surface area contributed by atoms with Crippen molar-refractivity contribution in [3.05, 3.63) is 29.3 Å². The third kappa shape index (κ3) is 3.04. The van der Waals surface area contributed by atoms with Gasteiger partial charge in [-0.2, -0.15) is 0 Å². The van der Waals surface area contributed by atoms with Crippen LogP contribution in [0.1, 0.15) is 26.2 Å². The zero-order valence-electron chi connectivity index (χ0n) is 11.1. The van der Waals surface area contributed by atoms with Crippen molar-refractivity contribution in [2.45, 2.75) is 32.2 Å². The lowest BCUT2D eigenvalue weighted by Gasteiger charge is -2.27. The number of anilines is 1. The summed E-state index contributed by atoms with van der Waals surface area (Å²) < 4.78 is 0. The van der Waals surface area contributed by atoms with Gasteiger partial charge >= 0.3 is 12.0 Å². The van der Waals surface area contributed by atoms with E-state index in [-0.39, 0.29) is 6.04 Å². The number of carboxylic acids is 1. The minimum absolute atomic E-state index is 0.362. The number of hydrogen-bond donors (Lipinski definition) is 3. The number of amides is 2. The van der Waals surface area contributed by atoms with E-state index in [9.17, 15) is 14.7 Å². The Morgan fingerprint density at radius 3 is 2.85 bits per heavy atom. The van der Waals surface area contributed by atoms with E-state index in [1.165, 1.54) is 0 Å². The third-order valence-electron chi connectivity index (χ3n) is 3.83. The van der Waals surface area contributed by atoms with E-state index in [0.29, 0.717) is 23.6 Å². The molecule has 1 aliphatic carbocycles. The van der Waals surface area contributed by atoms with Gasteiger partial charge in [-0.05, 0) is 38.0 Å². The summed E-state index contributed by atoms with van der Waals surface area (Å²) in [6, 6.07) is 6.02. The summed E-state index contributed by atoms with van der Waals surface area (Å²) in [7, 11) is 0. The van der Waals surface area contributed by atoms with Gasteiger partial charge in [0.05, 0.1) is 5.41 Å². The summed E-state index contributed by atoms with van der Waals surface area (Å²) in [4.78, 5) is 23.3. The van der Waals surface area contributed by atoms with Crippen molar-refractivity contribution in [1.29, 1.82) is 0 Å². The molecule has 2 unspecified atom stereocenters. The average molecular weight is 297 g/mol. The molecule has 0 spiro atoms. The fourth-order valence-electron chi connectivity index (χ4n) is 2.55. The van der Waals surface area contributed by atoms with Gasteiger partial charge in [0.25, 0.3) is 0 Å². The van der Waals surface area contributed by atoms with Crippen LogP contribution in [0.2, 0.25) is 5.02 Å². The van der Waals surface area contributed by atoms with Crippen molar-refractivity contribution in [3.8, 4) is 0 Å². The van der Waals surface area contributed by atoms with E-state index >= 15 is 0 Å². The van der Waals surface area contributed by atoms with Crippen molar-refractivity contribution >= 4 is 29.3 Å². The number of urea groups is 1. The van der Waals surface area contributed by atoms with Crippen molar-refractivity contribution in [2.75, 3.05) is 5.32 Å². The molecule has 1 aliphatic rings. The lowest BCUT2D eigenvalue weighted by molar-refractivity contribution is -0.148. The Balaban J connectivity index is 2.00. The standard InChI is InChI=1S/C14H17ClN2O3/c1-14(12(18)19)7-3-6-11(14)17-13(20)16-10-5-2-4-9(15)8-10/h2,4-5,8,11H,3,6-7H2,1H3,(H,18,19)(H2,16,17,20). The SMILES string of the molecule is CC1(C(=O)O)CCCC1NC(=O)Nc1cccc(Cl)c1. The van der Waals surface area contributed by atoms with E-state index in [1.54, 1.807) is 31.2 Å². The van der Waals surface area contributed by atoms with Gasteiger partial charge in [-0.3, -0.25) is 4.79 Å². The molecule has 0 heterocycles. The zero-order valence-corrected chi connectivity index (χ0v) is 11.9. The fourth-order valence-corrected chi connectivity index (χ4v) is 2.74. The maximum Gasteiger partial charge on any atom is 0.319 e. The molecule has 6 heteroatoms. The summed E-state index contributed by atoms with van der Waals surface area (Å²) in [6.07, 6.45) is 2.04. The van der Waals surface area contributed by atoms with Crippen molar-refractivity contribution < 1.29 is 14.7 Å². The van der Waals surface area contributed by atoms with Gasteiger partial charge in [-0.1, -0.05) is 24.1 Å². The van der Waals surface area contributed by atoms with E-state index in [0.717, 1.165) is 6.42 Å². The maximum absolute atomic E-state index is 11.9. The zero-order chi connectivity index (χ0) is 14.8. The number of carbonyl (C=O) groups excluding carboxylic acids is 1. The summed E-state index contributed by atoms with van der Waals surface area (Å²) in [5.74, 6) is -0.872. The first-order valence-electron chi connectivity index (χ1n) is 6.48. The molecule has 0 radical (unpaired) electrons. The molecule has 3 N–H and O–H groups in total. The quantitative estimate of drug-likeness (QED) is 0.802. The Labute approximate surface area is 122 Å². The van der Waals surface area contributed by atoms with Gasteiger partial charge in [-0.15, -0.1) is 0 Å². The number of nitrogens with one attached hydrogen (secondary N) is 2. The van der Waals surface area contributed by atoms with Crippen LogP contribution in [0.4, 0.5) is 10.5 Å². The van der Waals surface area contributed by atoms with E-state index in [1.807, 2.05) is 0 Å². The van der Waals surface area contributed by atoms with Crippen LogP contribution in [-0.2, 0) is 4.79 Å². The Kier molecular flexibility index (Phi) is 4.18. The Hall–Kier alpha value is -1.75. The highest BCUT2D eigenvalue weighted by atomic mass is 35.5.